The van der Waals surface area contributed by atoms with Crippen molar-refractivity contribution in [3.8, 4) is 0 Å². The van der Waals surface area contributed by atoms with Gasteiger partial charge in [0.2, 0.25) is 10.0 Å². The molecule has 1 aliphatic rings. The average molecular weight is 419 g/mol. The van der Waals surface area contributed by atoms with Crippen molar-refractivity contribution in [3.05, 3.63) is 28.7 Å². The molecule has 0 bridgehead atoms. The molecule has 1 aromatic rings. The molecule has 0 atom stereocenters. The number of rotatable bonds is 2. The molecule has 0 N–H and O–H groups in total. The monoisotopic (exact) mass is 418 g/mol. The van der Waals surface area contributed by atoms with Gasteiger partial charge in [0.05, 0.1) is 4.90 Å². The van der Waals surface area contributed by atoms with Crippen molar-refractivity contribution in [2.75, 3.05) is 26.2 Å². The van der Waals surface area contributed by atoms with Crippen molar-refractivity contribution < 1.29 is 17.9 Å². The molecule has 0 spiro atoms. The van der Waals surface area contributed by atoms with E-state index in [1.165, 1.54) is 4.31 Å². The maximum atomic E-state index is 12.8. The van der Waals surface area contributed by atoms with Crippen molar-refractivity contribution in [2.45, 2.75) is 37.7 Å². The highest BCUT2D eigenvalue weighted by Crippen LogP contribution is 2.21. The van der Waals surface area contributed by atoms with Gasteiger partial charge in [-0.2, -0.15) is 4.31 Å². The van der Waals surface area contributed by atoms with Crippen molar-refractivity contribution in [3.63, 3.8) is 0 Å². The van der Waals surface area contributed by atoms with Crippen molar-refractivity contribution in [1.29, 1.82) is 0 Å². The van der Waals surface area contributed by atoms with Gasteiger partial charge in [-0.05, 0) is 45.4 Å². The van der Waals surface area contributed by atoms with Crippen LogP contribution in [-0.2, 0) is 14.8 Å². The first-order valence-electron chi connectivity index (χ1n) is 7.83. The molecular formula is C16H23BrN2O4S. The predicted molar refractivity (Wildman–Crippen MR) is 95.3 cm³/mol. The van der Waals surface area contributed by atoms with Crippen LogP contribution in [0.2, 0.25) is 0 Å². The quantitative estimate of drug-likeness (QED) is 0.739. The van der Waals surface area contributed by atoms with Crippen LogP contribution in [0.15, 0.2) is 33.6 Å². The molecule has 0 unspecified atom stereocenters. The van der Waals surface area contributed by atoms with Crippen molar-refractivity contribution in [1.82, 2.24) is 9.21 Å². The number of carbonyl (C=O) groups excluding carboxylic acids is 1. The molecule has 6 nitrogen and oxygen atoms in total. The second-order valence-electron chi connectivity index (χ2n) is 6.68. The first-order valence-corrected chi connectivity index (χ1v) is 10.1. The molecule has 0 radical (unpaired) electrons. The van der Waals surface area contributed by atoms with E-state index in [1.807, 2.05) is 20.8 Å². The van der Waals surface area contributed by atoms with E-state index in [-0.39, 0.29) is 11.4 Å². The lowest BCUT2D eigenvalue weighted by Crippen LogP contribution is -2.40. The van der Waals surface area contributed by atoms with Crippen molar-refractivity contribution >= 4 is 32.0 Å². The molecule has 0 aromatic heterocycles. The molecule has 134 valence electrons. The van der Waals surface area contributed by atoms with Crippen LogP contribution in [0.4, 0.5) is 4.79 Å². The molecule has 1 fully saturated rings. The third kappa shape index (κ3) is 4.94. The molecule has 1 aromatic carbocycles. The summed E-state index contributed by atoms with van der Waals surface area (Å²) in [7, 11) is -3.57. The normalized spacial score (nSPS) is 17.4. The summed E-state index contributed by atoms with van der Waals surface area (Å²) in [5.41, 5.74) is -0.564. The summed E-state index contributed by atoms with van der Waals surface area (Å²) < 4.78 is 33.0. The highest BCUT2D eigenvalue weighted by atomic mass is 79.9. The standard InChI is InChI=1S/C16H23BrN2O4S/c1-16(2,3)23-15(20)18-8-5-9-19(11-10-18)24(21,22)14-7-4-6-13(17)12-14/h4,6-7,12H,5,8-11H2,1-3H3. The lowest BCUT2D eigenvalue weighted by molar-refractivity contribution is 0.0260. The van der Waals surface area contributed by atoms with E-state index in [9.17, 15) is 13.2 Å². The van der Waals surface area contributed by atoms with Crippen LogP contribution in [0, 0.1) is 0 Å². The van der Waals surface area contributed by atoms with Gasteiger partial charge in [0.25, 0.3) is 0 Å². The van der Waals surface area contributed by atoms with Crippen molar-refractivity contribution in [2.24, 2.45) is 0 Å². The van der Waals surface area contributed by atoms with Gasteiger partial charge in [0.1, 0.15) is 5.60 Å². The fourth-order valence-electron chi connectivity index (χ4n) is 2.42. The lowest BCUT2D eigenvalue weighted by atomic mass is 10.2. The molecule has 0 aliphatic carbocycles. The SMILES string of the molecule is CC(C)(C)OC(=O)N1CCCN(S(=O)(=O)c2cccc(Br)c2)CC1. The van der Waals surface area contributed by atoms with Crippen LogP contribution < -0.4 is 0 Å². The summed E-state index contributed by atoms with van der Waals surface area (Å²) in [5, 5.41) is 0. The zero-order chi connectivity index (χ0) is 18.0. The average Bonchev–Trinajstić information content (AvgIpc) is 2.72. The maximum absolute atomic E-state index is 12.8. The Hall–Kier alpha value is -1.12. The molecule has 0 saturated carbocycles. The summed E-state index contributed by atoms with van der Waals surface area (Å²) in [6, 6.07) is 6.65. The first kappa shape index (κ1) is 19.2. The van der Waals surface area contributed by atoms with Gasteiger partial charge < -0.3 is 9.64 Å². The number of carbonyl (C=O) groups is 1. The Morgan fingerprint density at radius 3 is 2.50 bits per heavy atom. The van der Waals surface area contributed by atoms with Crippen LogP contribution in [0.25, 0.3) is 0 Å². The van der Waals surface area contributed by atoms with Crippen LogP contribution >= 0.6 is 15.9 Å². The van der Waals surface area contributed by atoms with E-state index < -0.39 is 21.7 Å². The molecule has 8 heteroatoms. The van der Waals surface area contributed by atoms with E-state index in [2.05, 4.69) is 15.9 Å². The van der Waals surface area contributed by atoms with Gasteiger partial charge in [0.15, 0.2) is 0 Å². The van der Waals surface area contributed by atoms with Gasteiger partial charge in [0, 0.05) is 30.7 Å². The Kier molecular flexibility index (Phi) is 5.93. The molecule has 1 aliphatic heterocycles. The zero-order valence-corrected chi connectivity index (χ0v) is 16.6. The highest BCUT2D eigenvalue weighted by Gasteiger charge is 2.30. The third-order valence-electron chi connectivity index (χ3n) is 3.54. The Morgan fingerprint density at radius 2 is 1.88 bits per heavy atom. The van der Waals surface area contributed by atoms with E-state index >= 15 is 0 Å². The Labute approximate surface area is 151 Å². The van der Waals surface area contributed by atoms with E-state index in [0.717, 1.165) is 0 Å². The number of sulfonamides is 1. The van der Waals surface area contributed by atoms with E-state index in [0.29, 0.717) is 30.5 Å². The van der Waals surface area contributed by atoms with Crippen LogP contribution in [0.3, 0.4) is 0 Å². The summed E-state index contributed by atoms with van der Waals surface area (Å²) in [4.78, 5) is 14.0. The van der Waals surface area contributed by atoms with Crippen LogP contribution in [0.5, 0.6) is 0 Å². The third-order valence-corrected chi connectivity index (χ3v) is 5.93. The largest absolute Gasteiger partial charge is 0.444 e. The van der Waals surface area contributed by atoms with Gasteiger partial charge in [-0.3, -0.25) is 0 Å². The lowest BCUT2D eigenvalue weighted by Gasteiger charge is -2.26. The van der Waals surface area contributed by atoms with Crippen LogP contribution in [0.1, 0.15) is 27.2 Å². The Balaban J connectivity index is 2.09. The molecule has 1 heterocycles. The summed E-state index contributed by atoms with van der Waals surface area (Å²) in [6.45, 7) is 6.88. The fraction of sp³-hybridized carbons (Fsp3) is 0.562. The number of ether oxygens (including phenoxy) is 1. The van der Waals surface area contributed by atoms with Gasteiger partial charge >= 0.3 is 6.09 Å². The zero-order valence-electron chi connectivity index (χ0n) is 14.2. The Bertz CT molecular complexity index is 700. The smallest absolute Gasteiger partial charge is 0.410 e. The maximum Gasteiger partial charge on any atom is 0.410 e. The molecule has 1 amide bonds. The molecular weight excluding hydrogens is 396 g/mol. The molecule has 1 saturated heterocycles. The number of benzene rings is 1. The highest BCUT2D eigenvalue weighted by molar-refractivity contribution is 9.10. The van der Waals surface area contributed by atoms with Gasteiger partial charge in [-0.1, -0.05) is 22.0 Å². The number of halogens is 1. The second-order valence-corrected chi connectivity index (χ2v) is 9.54. The van der Waals surface area contributed by atoms with Crippen LogP contribution in [-0.4, -0.2) is 55.5 Å². The topological polar surface area (TPSA) is 66.9 Å². The minimum Gasteiger partial charge on any atom is -0.444 e. The minimum atomic E-state index is -3.57. The van der Waals surface area contributed by atoms with Gasteiger partial charge in [-0.15, -0.1) is 0 Å². The number of nitrogens with zero attached hydrogens (tertiary/aromatic N) is 2. The number of hydrogen-bond donors (Lipinski definition) is 0. The molecule has 2 rings (SSSR count). The number of amides is 1. The number of hydrogen-bond acceptors (Lipinski definition) is 4. The predicted octanol–water partition coefficient (Wildman–Crippen LogP) is 3.08. The fourth-order valence-corrected chi connectivity index (χ4v) is 4.49. The van der Waals surface area contributed by atoms with E-state index in [4.69, 9.17) is 4.74 Å². The second kappa shape index (κ2) is 7.41. The van der Waals surface area contributed by atoms with E-state index in [1.54, 1.807) is 29.2 Å². The minimum absolute atomic E-state index is 0.252. The van der Waals surface area contributed by atoms with Gasteiger partial charge in [-0.25, -0.2) is 13.2 Å². The molecule has 24 heavy (non-hydrogen) atoms. The summed E-state index contributed by atoms with van der Waals surface area (Å²) in [6.07, 6.45) is 0.177. The first-order chi connectivity index (χ1) is 11.1. The Morgan fingerprint density at radius 1 is 1.17 bits per heavy atom. The summed E-state index contributed by atoms with van der Waals surface area (Å²) in [5.74, 6) is 0. The summed E-state index contributed by atoms with van der Waals surface area (Å²) >= 11 is 3.30.